The highest BCUT2D eigenvalue weighted by Crippen LogP contribution is 2.18. The van der Waals surface area contributed by atoms with Crippen LogP contribution >= 0.6 is 0 Å². The minimum Gasteiger partial charge on any atom is -0.319 e. The van der Waals surface area contributed by atoms with Crippen LogP contribution < -0.4 is 5.32 Å². The van der Waals surface area contributed by atoms with Crippen LogP contribution in [0.4, 0.5) is 10.5 Å². The molecular weight excluding hydrogens is 332 g/mol. The van der Waals surface area contributed by atoms with Crippen molar-refractivity contribution in [1.82, 2.24) is 23.8 Å². The van der Waals surface area contributed by atoms with E-state index in [9.17, 15) is 13.2 Å². The standard InChI is InChI=1S/C14H20N6O3S/c1-10-9-18(24(3,22)23)7-8-19(10)14(21)16-12-5-4-6-20-13(12)15-11(2)17-20/h4-6,10H,7-9H2,1-3H3,(H,16,21). The van der Waals surface area contributed by atoms with Crippen LogP contribution in [0.25, 0.3) is 5.65 Å². The Morgan fingerprint density at radius 2 is 2.12 bits per heavy atom. The summed E-state index contributed by atoms with van der Waals surface area (Å²) < 4.78 is 26.3. The fourth-order valence-electron chi connectivity index (χ4n) is 2.82. The Labute approximate surface area is 140 Å². The summed E-state index contributed by atoms with van der Waals surface area (Å²) in [6, 6.07) is 3.05. The van der Waals surface area contributed by atoms with Crippen molar-refractivity contribution in [3.05, 3.63) is 24.2 Å². The van der Waals surface area contributed by atoms with Gasteiger partial charge in [0.15, 0.2) is 5.65 Å². The van der Waals surface area contributed by atoms with Crippen molar-refractivity contribution in [3.8, 4) is 0 Å². The summed E-state index contributed by atoms with van der Waals surface area (Å²) in [4.78, 5) is 18.5. The van der Waals surface area contributed by atoms with E-state index in [1.807, 2.05) is 6.92 Å². The molecule has 3 rings (SSSR count). The number of amides is 2. The van der Waals surface area contributed by atoms with E-state index in [-0.39, 0.29) is 12.1 Å². The van der Waals surface area contributed by atoms with Gasteiger partial charge < -0.3 is 10.2 Å². The minimum absolute atomic E-state index is 0.215. The van der Waals surface area contributed by atoms with E-state index >= 15 is 0 Å². The largest absolute Gasteiger partial charge is 0.322 e. The molecule has 2 aromatic heterocycles. The van der Waals surface area contributed by atoms with E-state index in [1.165, 1.54) is 10.6 Å². The molecule has 1 aliphatic rings. The van der Waals surface area contributed by atoms with Crippen LogP contribution in [0.15, 0.2) is 18.3 Å². The van der Waals surface area contributed by atoms with Gasteiger partial charge in [-0.05, 0) is 26.0 Å². The van der Waals surface area contributed by atoms with Crippen LogP contribution in [-0.2, 0) is 10.0 Å². The summed E-state index contributed by atoms with van der Waals surface area (Å²) in [7, 11) is -3.24. The Morgan fingerprint density at radius 3 is 2.79 bits per heavy atom. The first-order valence-corrected chi connectivity index (χ1v) is 9.45. The molecule has 0 radical (unpaired) electrons. The molecule has 2 aromatic rings. The smallest absolute Gasteiger partial charge is 0.319 e. The molecule has 0 aliphatic carbocycles. The van der Waals surface area contributed by atoms with E-state index in [2.05, 4.69) is 15.4 Å². The van der Waals surface area contributed by atoms with Crippen molar-refractivity contribution in [2.75, 3.05) is 31.2 Å². The normalized spacial score (nSPS) is 19.6. The minimum atomic E-state index is -3.24. The Bertz CT molecular complexity index is 878. The van der Waals surface area contributed by atoms with E-state index in [1.54, 1.807) is 34.7 Å². The van der Waals surface area contributed by atoms with Gasteiger partial charge in [-0.1, -0.05) is 0 Å². The molecule has 3 heterocycles. The van der Waals surface area contributed by atoms with Gasteiger partial charge in [-0.15, -0.1) is 0 Å². The van der Waals surface area contributed by atoms with Crippen LogP contribution in [-0.4, -0.2) is 70.2 Å². The highest BCUT2D eigenvalue weighted by Gasteiger charge is 2.31. The van der Waals surface area contributed by atoms with Crippen LogP contribution in [0.5, 0.6) is 0 Å². The second kappa shape index (κ2) is 6.02. The SMILES string of the molecule is Cc1nc2c(NC(=O)N3CCN(S(C)(=O)=O)CC3C)cccn2n1. The quantitative estimate of drug-likeness (QED) is 0.850. The molecule has 2 amide bonds. The van der Waals surface area contributed by atoms with Crippen molar-refractivity contribution in [2.24, 2.45) is 0 Å². The zero-order valence-electron chi connectivity index (χ0n) is 13.8. The molecule has 0 aromatic carbocycles. The first-order valence-electron chi connectivity index (χ1n) is 7.60. The third kappa shape index (κ3) is 3.20. The predicted octanol–water partition coefficient (Wildman–Crippen LogP) is 0.535. The van der Waals surface area contributed by atoms with Gasteiger partial charge in [0.05, 0.1) is 11.9 Å². The third-order valence-electron chi connectivity index (χ3n) is 4.03. The van der Waals surface area contributed by atoms with Gasteiger partial charge >= 0.3 is 6.03 Å². The zero-order chi connectivity index (χ0) is 17.5. The van der Waals surface area contributed by atoms with Gasteiger partial charge in [-0.25, -0.2) is 22.7 Å². The number of hydrogen-bond donors (Lipinski definition) is 1. The van der Waals surface area contributed by atoms with Gasteiger partial charge in [0.2, 0.25) is 10.0 Å². The molecule has 1 aliphatic heterocycles. The lowest BCUT2D eigenvalue weighted by Crippen LogP contribution is -2.56. The lowest BCUT2D eigenvalue weighted by Gasteiger charge is -2.38. The highest BCUT2D eigenvalue weighted by molar-refractivity contribution is 7.88. The first-order chi connectivity index (χ1) is 11.3. The van der Waals surface area contributed by atoms with Crippen LogP contribution in [0.1, 0.15) is 12.7 Å². The number of aromatic nitrogens is 3. The topological polar surface area (TPSA) is 99.9 Å². The molecule has 1 atom stereocenters. The number of pyridine rings is 1. The van der Waals surface area contributed by atoms with Gasteiger partial charge in [-0.2, -0.15) is 9.40 Å². The third-order valence-corrected chi connectivity index (χ3v) is 5.30. The second-order valence-corrected chi connectivity index (χ2v) is 7.93. The molecule has 1 unspecified atom stereocenters. The molecule has 0 spiro atoms. The van der Waals surface area contributed by atoms with E-state index < -0.39 is 10.0 Å². The van der Waals surface area contributed by atoms with E-state index in [0.29, 0.717) is 36.8 Å². The number of rotatable bonds is 2. The summed E-state index contributed by atoms with van der Waals surface area (Å²) in [5, 5.41) is 7.06. The van der Waals surface area contributed by atoms with Crippen molar-refractivity contribution in [3.63, 3.8) is 0 Å². The maximum Gasteiger partial charge on any atom is 0.322 e. The molecule has 9 nitrogen and oxygen atoms in total. The fourth-order valence-corrected chi connectivity index (χ4v) is 3.72. The predicted molar refractivity (Wildman–Crippen MR) is 89.3 cm³/mol. The number of nitrogens with one attached hydrogen (secondary N) is 1. The molecule has 24 heavy (non-hydrogen) atoms. The molecule has 1 fully saturated rings. The van der Waals surface area contributed by atoms with Gasteiger partial charge in [0, 0.05) is 31.9 Å². The Balaban J connectivity index is 1.75. The summed E-state index contributed by atoms with van der Waals surface area (Å²) in [5.74, 6) is 0.617. The molecule has 0 saturated carbocycles. The number of sulfonamides is 1. The molecule has 0 bridgehead atoms. The summed E-state index contributed by atoms with van der Waals surface area (Å²) in [6.07, 6.45) is 2.95. The maximum atomic E-state index is 12.6. The number of hydrogen-bond acceptors (Lipinski definition) is 5. The number of urea groups is 1. The number of aryl methyl sites for hydroxylation is 1. The number of anilines is 1. The number of carbonyl (C=O) groups excluding carboxylic acids is 1. The lowest BCUT2D eigenvalue weighted by atomic mass is 10.2. The molecule has 10 heteroatoms. The average Bonchev–Trinajstić information content (AvgIpc) is 2.87. The van der Waals surface area contributed by atoms with E-state index in [0.717, 1.165) is 0 Å². The zero-order valence-corrected chi connectivity index (χ0v) is 14.6. The molecule has 1 saturated heterocycles. The Hall–Kier alpha value is -2.20. The molecule has 130 valence electrons. The summed E-state index contributed by atoms with van der Waals surface area (Å²) in [6.45, 7) is 4.55. The number of carbonyl (C=O) groups is 1. The van der Waals surface area contributed by atoms with Crippen LogP contribution in [0.2, 0.25) is 0 Å². The van der Waals surface area contributed by atoms with Gasteiger partial charge in [0.1, 0.15) is 5.82 Å². The van der Waals surface area contributed by atoms with Crippen LogP contribution in [0, 0.1) is 6.92 Å². The maximum absolute atomic E-state index is 12.6. The number of fused-ring (bicyclic) bond motifs is 1. The van der Waals surface area contributed by atoms with Gasteiger partial charge in [0.25, 0.3) is 0 Å². The first kappa shape index (κ1) is 16.7. The molecular formula is C14H20N6O3S. The van der Waals surface area contributed by atoms with Crippen LogP contribution in [0.3, 0.4) is 0 Å². The van der Waals surface area contributed by atoms with Gasteiger partial charge in [-0.3, -0.25) is 0 Å². The summed E-state index contributed by atoms with van der Waals surface area (Å²) in [5.41, 5.74) is 1.15. The average molecular weight is 352 g/mol. The monoisotopic (exact) mass is 352 g/mol. The van der Waals surface area contributed by atoms with Crippen molar-refractivity contribution in [1.29, 1.82) is 0 Å². The highest BCUT2D eigenvalue weighted by atomic mass is 32.2. The van der Waals surface area contributed by atoms with Crippen molar-refractivity contribution >= 4 is 27.4 Å². The lowest BCUT2D eigenvalue weighted by molar-refractivity contribution is 0.149. The Kier molecular flexibility index (Phi) is 4.18. The summed E-state index contributed by atoms with van der Waals surface area (Å²) >= 11 is 0. The van der Waals surface area contributed by atoms with E-state index in [4.69, 9.17) is 0 Å². The van der Waals surface area contributed by atoms with Crippen molar-refractivity contribution < 1.29 is 13.2 Å². The fraction of sp³-hybridized carbons (Fsp3) is 0.500. The molecule has 1 N–H and O–H groups in total. The number of piperazine rings is 1. The Morgan fingerprint density at radius 1 is 1.38 bits per heavy atom. The second-order valence-electron chi connectivity index (χ2n) is 5.94. The van der Waals surface area contributed by atoms with Crippen molar-refractivity contribution in [2.45, 2.75) is 19.9 Å². The number of nitrogens with zero attached hydrogens (tertiary/aromatic N) is 5.